The van der Waals surface area contributed by atoms with Gasteiger partial charge in [0.15, 0.2) is 0 Å². The Morgan fingerprint density at radius 1 is 0.870 bits per heavy atom. The van der Waals surface area contributed by atoms with Gasteiger partial charge in [0.25, 0.3) is 0 Å². The highest BCUT2D eigenvalue weighted by Crippen LogP contribution is 2.17. The van der Waals surface area contributed by atoms with Gasteiger partial charge in [-0.25, -0.2) is 0 Å². The van der Waals surface area contributed by atoms with E-state index >= 15 is 0 Å². The average molecular weight is 310 g/mol. The molecule has 0 amide bonds. The molecular formula is C22H30O. The van der Waals surface area contributed by atoms with E-state index in [-0.39, 0.29) is 0 Å². The molecule has 0 aromatic heterocycles. The molecule has 0 N–H and O–H groups in total. The lowest BCUT2D eigenvalue weighted by Crippen LogP contribution is -1.98. The minimum absolute atomic E-state index is 0.631. The average Bonchev–Trinajstić information content (AvgIpc) is 2.62. The first-order valence-electron chi connectivity index (χ1n) is 8.52. The van der Waals surface area contributed by atoms with E-state index in [1.807, 2.05) is 44.2 Å². The number of benzene rings is 2. The standard InChI is InChI=1S/C18H22O.C4H8/c1-3-15(2)13-16-9-11-18(12-10-16)19-14-17-7-5-4-6-8-17;1-3-4-2/h4-12,15H,3,13-14H2,1-2H3;3-4H,1-2H3/b;4-3+/t15-;/m1./s1. The second-order valence-electron chi connectivity index (χ2n) is 5.80. The van der Waals surface area contributed by atoms with E-state index in [1.54, 1.807) is 0 Å². The molecule has 0 aliphatic heterocycles. The van der Waals surface area contributed by atoms with Crippen LogP contribution in [0.4, 0.5) is 0 Å². The van der Waals surface area contributed by atoms with Gasteiger partial charge in [-0.05, 0) is 49.4 Å². The molecule has 0 spiro atoms. The van der Waals surface area contributed by atoms with Crippen molar-refractivity contribution in [2.24, 2.45) is 5.92 Å². The fourth-order valence-corrected chi connectivity index (χ4v) is 2.01. The molecule has 1 atom stereocenters. The molecule has 0 saturated heterocycles. The molecule has 124 valence electrons. The van der Waals surface area contributed by atoms with Crippen LogP contribution in [-0.4, -0.2) is 0 Å². The van der Waals surface area contributed by atoms with E-state index in [1.165, 1.54) is 17.5 Å². The molecule has 0 aliphatic carbocycles. The highest BCUT2D eigenvalue weighted by Gasteiger charge is 2.01. The minimum Gasteiger partial charge on any atom is -0.489 e. The van der Waals surface area contributed by atoms with Crippen molar-refractivity contribution in [3.8, 4) is 5.75 Å². The molecule has 0 bridgehead atoms. The lowest BCUT2D eigenvalue weighted by atomic mass is 9.99. The van der Waals surface area contributed by atoms with Crippen molar-refractivity contribution >= 4 is 0 Å². The molecule has 0 fully saturated rings. The zero-order valence-electron chi connectivity index (χ0n) is 15.0. The first-order chi connectivity index (χ1) is 11.2. The zero-order valence-corrected chi connectivity index (χ0v) is 15.0. The van der Waals surface area contributed by atoms with Crippen molar-refractivity contribution in [3.63, 3.8) is 0 Å². The summed E-state index contributed by atoms with van der Waals surface area (Å²) in [7, 11) is 0. The van der Waals surface area contributed by atoms with Crippen LogP contribution in [-0.2, 0) is 13.0 Å². The summed E-state index contributed by atoms with van der Waals surface area (Å²) < 4.78 is 5.78. The molecule has 1 nitrogen and oxygen atoms in total. The Morgan fingerprint density at radius 2 is 1.48 bits per heavy atom. The largest absolute Gasteiger partial charge is 0.489 e. The second kappa shape index (κ2) is 11.5. The molecule has 0 aliphatic rings. The predicted molar refractivity (Wildman–Crippen MR) is 101 cm³/mol. The van der Waals surface area contributed by atoms with Crippen molar-refractivity contribution in [1.29, 1.82) is 0 Å². The number of allylic oxidation sites excluding steroid dienone is 2. The summed E-state index contributed by atoms with van der Waals surface area (Å²) >= 11 is 0. The molecular weight excluding hydrogens is 280 g/mol. The van der Waals surface area contributed by atoms with Gasteiger partial charge in [0.2, 0.25) is 0 Å². The van der Waals surface area contributed by atoms with Crippen LogP contribution in [0.2, 0.25) is 0 Å². The van der Waals surface area contributed by atoms with E-state index in [0.717, 1.165) is 18.1 Å². The number of ether oxygens (including phenoxy) is 1. The Hall–Kier alpha value is -2.02. The summed E-state index contributed by atoms with van der Waals surface area (Å²) in [6.45, 7) is 9.16. The fourth-order valence-electron chi connectivity index (χ4n) is 2.01. The van der Waals surface area contributed by atoms with Gasteiger partial charge in [-0.15, -0.1) is 0 Å². The first kappa shape index (κ1) is 19.0. The predicted octanol–water partition coefficient (Wildman–Crippen LogP) is 6.44. The van der Waals surface area contributed by atoms with Crippen LogP contribution < -0.4 is 4.74 Å². The summed E-state index contributed by atoms with van der Waals surface area (Å²) in [5.74, 6) is 1.69. The Labute approximate surface area is 142 Å². The minimum atomic E-state index is 0.631. The van der Waals surface area contributed by atoms with Gasteiger partial charge in [-0.2, -0.15) is 0 Å². The fraction of sp³-hybridized carbons (Fsp3) is 0.364. The smallest absolute Gasteiger partial charge is 0.119 e. The topological polar surface area (TPSA) is 9.23 Å². The van der Waals surface area contributed by atoms with E-state index < -0.39 is 0 Å². The Bertz CT molecular complexity index is 536. The zero-order chi connectivity index (χ0) is 16.9. The lowest BCUT2D eigenvalue weighted by Gasteiger charge is -2.10. The van der Waals surface area contributed by atoms with Gasteiger partial charge in [-0.3, -0.25) is 0 Å². The Kier molecular flexibility index (Phi) is 9.54. The van der Waals surface area contributed by atoms with Crippen molar-refractivity contribution < 1.29 is 4.74 Å². The lowest BCUT2D eigenvalue weighted by molar-refractivity contribution is 0.306. The van der Waals surface area contributed by atoms with Crippen LogP contribution in [0.25, 0.3) is 0 Å². The molecule has 0 saturated carbocycles. The van der Waals surface area contributed by atoms with Crippen LogP contribution in [0.5, 0.6) is 5.75 Å². The molecule has 1 heteroatoms. The van der Waals surface area contributed by atoms with Gasteiger partial charge >= 0.3 is 0 Å². The normalized spacial score (nSPS) is 11.7. The maximum atomic E-state index is 5.78. The van der Waals surface area contributed by atoms with Crippen molar-refractivity contribution in [2.75, 3.05) is 0 Å². The third kappa shape index (κ3) is 8.25. The number of rotatable bonds is 6. The van der Waals surface area contributed by atoms with Gasteiger partial charge < -0.3 is 4.74 Å². The van der Waals surface area contributed by atoms with Crippen molar-refractivity contribution in [2.45, 2.75) is 47.1 Å². The Balaban J connectivity index is 0.000000593. The molecule has 2 aromatic carbocycles. The molecule has 0 heterocycles. The van der Waals surface area contributed by atoms with Gasteiger partial charge in [-0.1, -0.05) is 74.9 Å². The van der Waals surface area contributed by atoms with E-state index in [4.69, 9.17) is 4.74 Å². The number of hydrogen-bond donors (Lipinski definition) is 0. The molecule has 2 aromatic rings. The summed E-state index contributed by atoms with van der Waals surface area (Å²) in [5, 5.41) is 0. The van der Waals surface area contributed by atoms with Crippen molar-refractivity contribution in [1.82, 2.24) is 0 Å². The molecule has 23 heavy (non-hydrogen) atoms. The third-order valence-electron chi connectivity index (χ3n) is 3.79. The highest BCUT2D eigenvalue weighted by atomic mass is 16.5. The molecule has 2 rings (SSSR count). The summed E-state index contributed by atoms with van der Waals surface area (Å²) in [5.41, 5.74) is 2.59. The SMILES string of the molecule is C/C=C/C.CC[C@@H](C)Cc1ccc(OCc2ccccc2)cc1. The van der Waals surface area contributed by atoms with Crippen LogP contribution in [0, 0.1) is 5.92 Å². The third-order valence-corrected chi connectivity index (χ3v) is 3.79. The van der Waals surface area contributed by atoms with Gasteiger partial charge in [0.1, 0.15) is 12.4 Å². The summed E-state index contributed by atoms with van der Waals surface area (Å²) in [4.78, 5) is 0. The van der Waals surface area contributed by atoms with E-state index in [2.05, 4.69) is 50.2 Å². The number of hydrogen-bond acceptors (Lipinski definition) is 1. The van der Waals surface area contributed by atoms with Crippen LogP contribution >= 0.6 is 0 Å². The second-order valence-corrected chi connectivity index (χ2v) is 5.80. The van der Waals surface area contributed by atoms with Gasteiger partial charge in [0, 0.05) is 0 Å². The van der Waals surface area contributed by atoms with Crippen LogP contribution in [0.15, 0.2) is 66.7 Å². The highest BCUT2D eigenvalue weighted by molar-refractivity contribution is 5.28. The summed E-state index contributed by atoms with van der Waals surface area (Å²) in [6.07, 6.45) is 6.38. The van der Waals surface area contributed by atoms with E-state index in [9.17, 15) is 0 Å². The Morgan fingerprint density at radius 3 is 2.00 bits per heavy atom. The monoisotopic (exact) mass is 310 g/mol. The van der Waals surface area contributed by atoms with Crippen molar-refractivity contribution in [3.05, 3.63) is 77.9 Å². The van der Waals surface area contributed by atoms with E-state index in [0.29, 0.717) is 6.61 Å². The van der Waals surface area contributed by atoms with Crippen LogP contribution in [0.3, 0.4) is 0 Å². The molecule has 0 radical (unpaired) electrons. The van der Waals surface area contributed by atoms with Crippen LogP contribution in [0.1, 0.15) is 45.2 Å². The molecule has 0 unspecified atom stereocenters. The maximum absolute atomic E-state index is 5.78. The quantitative estimate of drug-likeness (QED) is 0.558. The maximum Gasteiger partial charge on any atom is 0.119 e. The summed E-state index contributed by atoms with van der Waals surface area (Å²) in [6, 6.07) is 18.7. The van der Waals surface area contributed by atoms with Gasteiger partial charge in [0.05, 0.1) is 0 Å². The first-order valence-corrected chi connectivity index (χ1v) is 8.52.